The highest BCUT2D eigenvalue weighted by molar-refractivity contribution is 7.09. The summed E-state index contributed by atoms with van der Waals surface area (Å²) in [5.74, 6) is 1.50. The van der Waals surface area contributed by atoms with Crippen molar-refractivity contribution in [2.75, 3.05) is 26.3 Å². The van der Waals surface area contributed by atoms with Crippen molar-refractivity contribution >= 4 is 11.3 Å². The molecule has 2 aliphatic rings. The van der Waals surface area contributed by atoms with Crippen LogP contribution in [0.2, 0.25) is 0 Å². The first-order chi connectivity index (χ1) is 8.92. The smallest absolute Gasteiger partial charge is 0.0960 e. The van der Waals surface area contributed by atoms with Crippen LogP contribution in [0, 0.1) is 5.92 Å². The minimum absolute atomic E-state index is 0.658. The molecule has 2 saturated heterocycles. The van der Waals surface area contributed by atoms with E-state index in [0.29, 0.717) is 5.92 Å². The average Bonchev–Trinajstić information content (AvgIpc) is 2.89. The number of hydrogen-bond acceptors (Lipinski definition) is 4. The molecular weight excluding hydrogens is 244 g/mol. The lowest BCUT2D eigenvalue weighted by molar-refractivity contribution is 0.0852. The van der Waals surface area contributed by atoms with E-state index < -0.39 is 0 Å². The molecule has 0 aromatic carbocycles. The highest BCUT2D eigenvalue weighted by Gasteiger charge is 2.20. The zero-order valence-corrected chi connectivity index (χ0v) is 11.7. The molecule has 2 fully saturated rings. The van der Waals surface area contributed by atoms with Crippen molar-refractivity contribution in [1.29, 1.82) is 0 Å². The van der Waals surface area contributed by atoms with Crippen molar-refractivity contribution in [3.8, 4) is 0 Å². The molecule has 0 atom stereocenters. The van der Waals surface area contributed by atoms with Gasteiger partial charge in [0.1, 0.15) is 0 Å². The Morgan fingerprint density at radius 1 is 1.22 bits per heavy atom. The van der Waals surface area contributed by atoms with E-state index in [0.717, 1.165) is 32.0 Å². The van der Waals surface area contributed by atoms with Crippen LogP contribution >= 0.6 is 11.3 Å². The lowest BCUT2D eigenvalue weighted by atomic mass is 9.93. The lowest BCUT2D eigenvalue weighted by Crippen LogP contribution is -2.28. The maximum Gasteiger partial charge on any atom is 0.0960 e. The van der Waals surface area contributed by atoms with Gasteiger partial charge in [-0.3, -0.25) is 0 Å². The van der Waals surface area contributed by atoms with Gasteiger partial charge in [0.25, 0.3) is 0 Å². The first-order valence-corrected chi connectivity index (χ1v) is 8.02. The minimum atomic E-state index is 0.658. The van der Waals surface area contributed by atoms with E-state index >= 15 is 0 Å². The molecule has 0 radical (unpaired) electrons. The number of aromatic nitrogens is 1. The van der Waals surface area contributed by atoms with Crippen molar-refractivity contribution in [1.82, 2.24) is 10.3 Å². The Balaban J connectivity index is 1.58. The molecule has 0 spiro atoms. The molecule has 0 unspecified atom stereocenters. The van der Waals surface area contributed by atoms with Crippen LogP contribution in [0.25, 0.3) is 0 Å². The predicted octanol–water partition coefficient (Wildman–Crippen LogP) is 2.58. The van der Waals surface area contributed by atoms with Crippen molar-refractivity contribution in [2.45, 2.75) is 38.0 Å². The topological polar surface area (TPSA) is 34.1 Å². The van der Waals surface area contributed by atoms with Gasteiger partial charge in [-0.15, -0.1) is 11.3 Å². The van der Waals surface area contributed by atoms with Crippen LogP contribution in [0.1, 0.15) is 42.3 Å². The second kappa shape index (κ2) is 6.13. The number of piperidine rings is 1. The predicted molar refractivity (Wildman–Crippen MR) is 74.2 cm³/mol. The summed E-state index contributed by atoms with van der Waals surface area (Å²) < 4.78 is 5.42. The summed E-state index contributed by atoms with van der Waals surface area (Å²) in [6.07, 6.45) is 6.11. The maximum absolute atomic E-state index is 5.42. The third-order valence-corrected chi connectivity index (χ3v) is 5.15. The second-order valence-electron chi connectivity index (χ2n) is 5.46. The van der Waals surface area contributed by atoms with Gasteiger partial charge in [-0.2, -0.15) is 0 Å². The Hall–Kier alpha value is -0.450. The summed E-state index contributed by atoms with van der Waals surface area (Å²) in [6.45, 7) is 4.19. The van der Waals surface area contributed by atoms with Crippen LogP contribution in [0.5, 0.6) is 0 Å². The average molecular weight is 266 g/mol. The third kappa shape index (κ3) is 3.11. The molecule has 0 saturated carbocycles. The van der Waals surface area contributed by atoms with Gasteiger partial charge >= 0.3 is 0 Å². The molecule has 18 heavy (non-hydrogen) atoms. The normalized spacial score (nSPS) is 23.3. The molecule has 0 amide bonds. The van der Waals surface area contributed by atoms with Crippen LogP contribution in [-0.2, 0) is 11.2 Å². The number of nitrogens with zero attached hydrogens (tertiary/aromatic N) is 1. The number of ether oxygens (including phenoxy) is 1. The summed E-state index contributed by atoms with van der Waals surface area (Å²) in [7, 11) is 0. The first kappa shape index (κ1) is 12.6. The van der Waals surface area contributed by atoms with Crippen molar-refractivity contribution < 1.29 is 4.74 Å². The first-order valence-electron chi connectivity index (χ1n) is 7.14. The SMILES string of the molecule is c1sc(C2CCOCC2)nc1CC1CCNCC1. The van der Waals surface area contributed by atoms with Gasteiger partial charge < -0.3 is 10.1 Å². The standard InChI is InChI=1S/C14H22N2OS/c1-5-15-6-2-11(1)9-13-10-18-14(16-13)12-3-7-17-8-4-12/h10-12,15H,1-9H2. The molecule has 1 aromatic heterocycles. The fourth-order valence-electron chi connectivity index (χ4n) is 2.93. The van der Waals surface area contributed by atoms with Gasteiger partial charge in [0.2, 0.25) is 0 Å². The molecule has 3 nitrogen and oxygen atoms in total. The summed E-state index contributed by atoms with van der Waals surface area (Å²) in [6, 6.07) is 0. The van der Waals surface area contributed by atoms with Gasteiger partial charge in [0.05, 0.1) is 10.7 Å². The largest absolute Gasteiger partial charge is 0.381 e. The fraction of sp³-hybridized carbons (Fsp3) is 0.786. The van der Waals surface area contributed by atoms with E-state index in [2.05, 4.69) is 10.7 Å². The Bertz CT molecular complexity index is 368. The van der Waals surface area contributed by atoms with Crippen LogP contribution in [0.3, 0.4) is 0 Å². The van der Waals surface area contributed by atoms with E-state index in [1.807, 2.05) is 11.3 Å². The molecule has 2 aliphatic heterocycles. The molecular formula is C14H22N2OS. The molecule has 0 aliphatic carbocycles. The molecule has 3 rings (SSSR count). The Labute approximate surface area is 113 Å². The van der Waals surface area contributed by atoms with Crippen molar-refractivity contribution in [3.63, 3.8) is 0 Å². The molecule has 4 heteroatoms. The maximum atomic E-state index is 5.42. The summed E-state index contributed by atoms with van der Waals surface area (Å²) in [5.41, 5.74) is 1.33. The Morgan fingerprint density at radius 3 is 2.78 bits per heavy atom. The van der Waals surface area contributed by atoms with Gasteiger partial charge in [-0.25, -0.2) is 4.98 Å². The molecule has 1 aromatic rings. The Kier molecular flexibility index (Phi) is 4.28. The van der Waals surface area contributed by atoms with Crippen LogP contribution in [0.4, 0.5) is 0 Å². The van der Waals surface area contributed by atoms with E-state index in [4.69, 9.17) is 9.72 Å². The Morgan fingerprint density at radius 2 is 2.00 bits per heavy atom. The zero-order chi connectivity index (χ0) is 12.2. The van der Waals surface area contributed by atoms with E-state index in [1.54, 1.807) is 0 Å². The number of thiazole rings is 1. The summed E-state index contributed by atoms with van der Waals surface area (Å²) >= 11 is 1.86. The van der Waals surface area contributed by atoms with Gasteiger partial charge in [0.15, 0.2) is 0 Å². The van der Waals surface area contributed by atoms with Crippen molar-refractivity contribution in [2.24, 2.45) is 5.92 Å². The highest BCUT2D eigenvalue weighted by atomic mass is 32.1. The number of nitrogens with one attached hydrogen (secondary N) is 1. The van der Waals surface area contributed by atoms with Gasteiger partial charge in [0, 0.05) is 24.5 Å². The van der Waals surface area contributed by atoms with Gasteiger partial charge in [-0.1, -0.05) is 0 Å². The summed E-state index contributed by atoms with van der Waals surface area (Å²) in [5, 5.41) is 7.06. The second-order valence-corrected chi connectivity index (χ2v) is 6.35. The number of hydrogen-bond donors (Lipinski definition) is 1. The van der Waals surface area contributed by atoms with Crippen LogP contribution in [0.15, 0.2) is 5.38 Å². The quantitative estimate of drug-likeness (QED) is 0.913. The lowest BCUT2D eigenvalue weighted by Gasteiger charge is -2.22. The van der Waals surface area contributed by atoms with E-state index in [9.17, 15) is 0 Å². The van der Waals surface area contributed by atoms with E-state index in [-0.39, 0.29) is 0 Å². The van der Waals surface area contributed by atoms with Crippen molar-refractivity contribution in [3.05, 3.63) is 16.1 Å². The van der Waals surface area contributed by atoms with Crippen LogP contribution < -0.4 is 5.32 Å². The number of rotatable bonds is 3. The van der Waals surface area contributed by atoms with E-state index in [1.165, 1.54) is 43.1 Å². The third-order valence-electron chi connectivity index (χ3n) is 4.10. The minimum Gasteiger partial charge on any atom is -0.381 e. The highest BCUT2D eigenvalue weighted by Crippen LogP contribution is 2.30. The van der Waals surface area contributed by atoms with Gasteiger partial charge in [-0.05, 0) is 51.1 Å². The zero-order valence-electron chi connectivity index (χ0n) is 10.9. The molecule has 100 valence electrons. The monoisotopic (exact) mass is 266 g/mol. The summed E-state index contributed by atoms with van der Waals surface area (Å²) in [4.78, 5) is 4.87. The molecule has 1 N–H and O–H groups in total. The molecule has 3 heterocycles. The fourth-order valence-corrected chi connectivity index (χ4v) is 3.93. The molecule has 0 bridgehead atoms. The van der Waals surface area contributed by atoms with Crippen LogP contribution in [-0.4, -0.2) is 31.3 Å².